The molecule has 0 saturated carbocycles. The number of nitrogens with one attached hydrogen (secondary N) is 1. The van der Waals surface area contributed by atoms with E-state index in [1.165, 1.54) is 30.9 Å². The number of carbonyl (C=O) groups is 2. The van der Waals surface area contributed by atoms with E-state index in [0.717, 1.165) is 6.07 Å². The maximum Gasteiger partial charge on any atom is 0.338 e. The first-order chi connectivity index (χ1) is 7.95. The summed E-state index contributed by atoms with van der Waals surface area (Å²) in [7, 11) is 1.52. The molecule has 2 N–H and O–H groups in total. The number of hydrogen-bond acceptors (Lipinski definition) is 3. The fraction of sp³-hybridized carbons (Fsp3) is 0.273. The second-order valence-electron chi connectivity index (χ2n) is 3.32. The lowest BCUT2D eigenvalue weighted by atomic mass is 10.2. The Hall–Kier alpha value is -1.56. The van der Waals surface area contributed by atoms with Gasteiger partial charge in [-0.15, -0.1) is 11.8 Å². The zero-order valence-corrected chi connectivity index (χ0v) is 10.2. The third-order valence-electron chi connectivity index (χ3n) is 2.10. The summed E-state index contributed by atoms with van der Waals surface area (Å²) in [5.74, 6) is -2.27. The minimum absolute atomic E-state index is 0.170. The van der Waals surface area contributed by atoms with E-state index in [9.17, 15) is 14.0 Å². The molecule has 1 amide bonds. The van der Waals surface area contributed by atoms with E-state index in [0.29, 0.717) is 4.90 Å². The Morgan fingerprint density at radius 1 is 1.47 bits per heavy atom. The van der Waals surface area contributed by atoms with Crippen LogP contribution in [0.1, 0.15) is 17.3 Å². The number of carbonyl (C=O) groups excluding carboxylic acids is 1. The van der Waals surface area contributed by atoms with Gasteiger partial charge in [0.1, 0.15) is 5.82 Å². The number of halogens is 1. The van der Waals surface area contributed by atoms with E-state index in [-0.39, 0.29) is 16.7 Å². The largest absolute Gasteiger partial charge is 0.478 e. The van der Waals surface area contributed by atoms with E-state index < -0.39 is 11.8 Å². The normalized spacial score (nSPS) is 11.9. The van der Waals surface area contributed by atoms with Gasteiger partial charge in [-0.2, -0.15) is 0 Å². The second-order valence-corrected chi connectivity index (χ2v) is 4.74. The van der Waals surface area contributed by atoms with Gasteiger partial charge in [0.05, 0.1) is 10.8 Å². The molecule has 17 heavy (non-hydrogen) atoms. The molecule has 92 valence electrons. The van der Waals surface area contributed by atoms with Crippen molar-refractivity contribution >= 4 is 23.6 Å². The molecule has 1 aromatic rings. The Morgan fingerprint density at radius 3 is 2.65 bits per heavy atom. The highest BCUT2D eigenvalue weighted by molar-refractivity contribution is 8.00. The Labute approximate surface area is 102 Å². The number of thioether (sulfide) groups is 1. The Morgan fingerprint density at radius 2 is 2.12 bits per heavy atom. The first-order valence-corrected chi connectivity index (χ1v) is 5.74. The zero-order valence-electron chi connectivity index (χ0n) is 9.36. The van der Waals surface area contributed by atoms with Crippen LogP contribution in [-0.4, -0.2) is 29.3 Å². The second kappa shape index (κ2) is 5.67. The molecule has 0 heterocycles. The topological polar surface area (TPSA) is 66.4 Å². The number of carboxylic acids is 1. The standard InChI is InChI=1S/C11H12FNO3S/c1-6(10(14)13-2)17-7-3-4-9(12)8(5-7)11(15)16/h3-6H,1-2H3,(H,13,14)(H,15,16). The van der Waals surface area contributed by atoms with Gasteiger partial charge in [-0.25, -0.2) is 9.18 Å². The average molecular weight is 257 g/mol. The molecule has 1 aromatic carbocycles. The van der Waals surface area contributed by atoms with Gasteiger partial charge in [0, 0.05) is 11.9 Å². The van der Waals surface area contributed by atoms with Gasteiger partial charge < -0.3 is 10.4 Å². The third-order valence-corrected chi connectivity index (χ3v) is 3.19. The van der Waals surface area contributed by atoms with Crippen LogP contribution in [0.4, 0.5) is 4.39 Å². The van der Waals surface area contributed by atoms with Gasteiger partial charge >= 0.3 is 5.97 Å². The molecule has 0 fully saturated rings. The van der Waals surface area contributed by atoms with Crippen LogP contribution >= 0.6 is 11.8 Å². The van der Waals surface area contributed by atoms with Crippen molar-refractivity contribution in [3.05, 3.63) is 29.6 Å². The summed E-state index contributed by atoms with van der Waals surface area (Å²) in [4.78, 5) is 22.5. The highest BCUT2D eigenvalue weighted by Gasteiger charge is 2.15. The van der Waals surface area contributed by atoms with E-state index in [1.54, 1.807) is 6.92 Å². The summed E-state index contributed by atoms with van der Waals surface area (Å²) in [5, 5.41) is 10.9. The van der Waals surface area contributed by atoms with Gasteiger partial charge in [0.25, 0.3) is 0 Å². The first kappa shape index (κ1) is 13.5. The van der Waals surface area contributed by atoms with Crippen LogP contribution < -0.4 is 5.32 Å². The molecule has 0 spiro atoms. The van der Waals surface area contributed by atoms with Gasteiger partial charge in [-0.3, -0.25) is 4.79 Å². The highest BCUT2D eigenvalue weighted by Crippen LogP contribution is 2.25. The van der Waals surface area contributed by atoms with E-state index in [2.05, 4.69) is 5.32 Å². The van der Waals surface area contributed by atoms with Crippen molar-refractivity contribution in [1.29, 1.82) is 0 Å². The van der Waals surface area contributed by atoms with Crippen LogP contribution in [0.3, 0.4) is 0 Å². The van der Waals surface area contributed by atoms with Gasteiger partial charge in [0.15, 0.2) is 0 Å². The molecule has 0 aliphatic carbocycles. The molecular weight excluding hydrogens is 245 g/mol. The van der Waals surface area contributed by atoms with Crippen molar-refractivity contribution in [1.82, 2.24) is 5.32 Å². The lowest BCUT2D eigenvalue weighted by Gasteiger charge is -2.10. The van der Waals surface area contributed by atoms with Crippen molar-refractivity contribution in [2.45, 2.75) is 17.1 Å². The Kier molecular flexibility index (Phi) is 4.51. The zero-order chi connectivity index (χ0) is 13.0. The molecule has 1 atom stereocenters. The number of carboxylic acid groups (broad SMARTS) is 1. The maximum absolute atomic E-state index is 13.1. The molecule has 4 nitrogen and oxygen atoms in total. The lowest BCUT2D eigenvalue weighted by Crippen LogP contribution is -2.27. The van der Waals surface area contributed by atoms with Crippen LogP contribution in [0.15, 0.2) is 23.1 Å². The van der Waals surface area contributed by atoms with Crippen LogP contribution in [0, 0.1) is 5.82 Å². The number of benzene rings is 1. The monoisotopic (exact) mass is 257 g/mol. The predicted molar refractivity (Wildman–Crippen MR) is 62.7 cm³/mol. The smallest absolute Gasteiger partial charge is 0.338 e. The molecule has 1 unspecified atom stereocenters. The number of hydrogen-bond donors (Lipinski definition) is 2. The van der Waals surface area contributed by atoms with Crippen LogP contribution in [0.2, 0.25) is 0 Å². The van der Waals surface area contributed by atoms with E-state index >= 15 is 0 Å². The molecule has 0 aromatic heterocycles. The molecule has 6 heteroatoms. The van der Waals surface area contributed by atoms with E-state index in [4.69, 9.17) is 5.11 Å². The molecule has 0 aliphatic heterocycles. The predicted octanol–water partition coefficient (Wildman–Crippen LogP) is 1.75. The van der Waals surface area contributed by atoms with Crippen molar-refractivity contribution in [2.24, 2.45) is 0 Å². The quantitative estimate of drug-likeness (QED) is 0.806. The molecular formula is C11H12FNO3S. The highest BCUT2D eigenvalue weighted by atomic mass is 32.2. The SMILES string of the molecule is CNC(=O)C(C)Sc1ccc(F)c(C(=O)O)c1. The van der Waals surface area contributed by atoms with Gasteiger partial charge in [0.2, 0.25) is 5.91 Å². The molecule has 0 bridgehead atoms. The summed E-state index contributed by atoms with van der Waals surface area (Å²) >= 11 is 1.17. The van der Waals surface area contributed by atoms with Crippen LogP contribution in [-0.2, 0) is 4.79 Å². The van der Waals surface area contributed by atoms with Crippen molar-refractivity contribution < 1.29 is 19.1 Å². The maximum atomic E-state index is 13.1. The lowest BCUT2D eigenvalue weighted by molar-refractivity contribution is -0.119. The average Bonchev–Trinajstić information content (AvgIpc) is 2.30. The minimum Gasteiger partial charge on any atom is -0.478 e. The summed E-state index contributed by atoms with van der Waals surface area (Å²) < 4.78 is 13.1. The van der Waals surface area contributed by atoms with Crippen molar-refractivity contribution in [3.8, 4) is 0 Å². The van der Waals surface area contributed by atoms with E-state index in [1.807, 2.05) is 0 Å². The first-order valence-electron chi connectivity index (χ1n) is 4.86. The summed E-state index contributed by atoms with van der Waals surface area (Å²) in [6, 6.07) is 3.76. The fourth-order valence-corrected chi connectivity index (χ4v) is 2.17. The number of rotatable bonds is 4. The fourth-order valence-electron chi connectivity index (χ4n) is 1.20. The van der Waals surface area contributed by atoms with Gasteiger partial charge in [-0.05, 0) is 25.1 Å². The molecule has 0 saturated heterocycles. The number of aromatic carboxylic acids is 1. The Balaban J connectivity index is 2.90. The van der Waals surface area contributed by atoms with Crippen molar-refractivity contribution in [2.75, 3.05) is 7.05 Å². The summed E-state index contributed by atoms with van der Waals surface area (Å²) in [6.45, 7) is 1.69. The number of amides is 1. The molecule has 1 rings (SSSR count). The van der Waals surface area contributed by atoms with Crippen LogP contribution in [0.5, 0.6) is 0 Å². The summed E-state index contributed by atoms with van der Waals surface area (Å²) in [6.07, 6.45) is 0. The van der Waals surface area contributed by atoms with Gasteiger partial charge in [-0.1, -0.05) is 0 Å². The minimum atomic E-state index is -1.32. The van der Waals surface area contributed by atoms with Crippen molar-refractivity contribution in [3.63, 3.8) is 0 Å². The summed E-state index contributed by atoms with van der Waals surface area (Å²) in [5.41, 5.74) is -0.390. The Bertz CT molecular complexity index is 450. The third kappa shape index (κ3) is 3.45. The van der Waals surface area contributed by atoms with Crippen LogP contribution in [0.25, 0.3) is 0 Å². The molecule has 0 aliphatic rings. The molecule has 0 radical (unpaired) electrons.